The Morgan fingerprint density at radius 2 is 2.00 bits per heavy atom. The van der Waals surface area contributed by atoms with Crippen molar-refractivity contribution in [2.45, 2.75) is 19.8 Å². The Labute approximate surface area is 119 Å². The Morgan fingerprint density at radius 1 is 1.35 bits per heavy atom. The van der Waals surface area contributed by atoms with E-state index in [0.29, 0.717) is 19.6 Å². The van der Waals surface area contributed by atoms with Gasteiger partial charge in [-0.1, -0.05) is 0 Å². The van der Waals surface area contributed by atoms with Crippen molar-refractivity contribution in [2.75, 3.05) is 39.1 Å². The molecule has 1 amide bonds. The summed E-state index contributed by atoms with van der Waals surface area (Å²) in [6.45, 7) is 2.07. The largest absolute Gasteiger partial charge is 0.481 e. The molecule has 0 rings (SSSR count). The van der Waals surface area contributed by atoms with E-state index in [9.17, 15) is 18.0 Å². The van der Waals surface area contributed by atoms with E-state index < -0.39 is 21.9 Å². The predicted molar refractivity (Wildman–Crippen MR) is 72.8 cm³/mol. The third-order valence-electron chi connectivity index (χ3n) is 2.53. The molecule has 2 N–H and O–H groups in total. The number of ether oxygens (including phenoxy) is 1. The van der Waals surface area contributed by atoms with Gasteiger partial charge in [0.15, 0.2) is 0 Å². The summed E-state index contributed by atoms with van der Waals surface area (Å²) in [5.41, 5.74) is 0. The molecule has 118 valence electrons. The van der Waals surface area contributed by atoms with Gasteiger partial charge in [0.25, 0.3) is 0 Å². The monoisotopic (exact) mass is 310 g/mol. The summed E-state index contributed by atoms with van der Waals surface area (Å²) in [4.78, 5) is 23.5. The molecule has 8 nitrogen and oxygen atoms in total. The van der Waals surface area contributed by atoms with Crippen LogP contribution in [-0.2, 0) is 24.3 Å². The minimum absolute atomic E-state index is 0.0655. The number of amides is 1. The first-order valence-electron chi connectivity index (χ1n) is 6.28. The Morgan fingerprint density at radius 3 is 2.50 bits per heavy atom. The predicted octanol–water partition coefficient (Wildman–Crippen LogP) is -0.734. The highest BCUT2D eigenvalue weighted by Crippen LogP contribution is 1.95. The molecule has 9 heteroatoms. The number of carboxylic acid groups (broad SMARTS) is 1. The molecular formula is C11H22N2O6S. The maximum absolute atomic E-state index is 11.7. The zero-order valence-corrected chi connectivity index (χ0v) is 12.6. The van der Waals surface area contributed by atoms with Crippen molar-refractivity contribution < 1.29 is 27.9 Å². The minimum atomic E-state index is -3.52. The molecule has 0 fully saturated rings. The lowest BCUT2D eigenvalue weighted by Gasteiger charge is -2.20. The van der Waals surface area contributed by atoms with E-state index >= 15 is 0 Å². The summed E-state index contributed by atoms with van der Waals surface area (Å²) in [6, 6.07) is 0. The van der Waals surface area contributed by atoms with Crippen LogP contribution in [0.1, 0.15) is 19.8 Å². The van der Waals surface area contributed by atoms with E-state index in [-0.39, 0.29) is 25.3 Å². The number of methoxy groups -OCH3 is 1. The van der Waals surface area contributed by atoms with E-state index in [1.54, 1.807) is 6.92 Å². The van der Waals surface area contributed by atoms with Gasteiger partial charge in [0, 0.05) is 26.8 Å². The number of hydrogen-bond donors (Lipinski definition) is 2. The fraction of sp³-hybridized carbons (Fsp3) is 0.818. The fourth-order valence-electron chi connectivity index (χ4n) is 1.44. The maximum Gasteiger partial charge on any atom is 0.305 e. The average Bonchev–Trinajstić information content (AvgIpc) is 2.37. The van der Waals surface area contributed by atoms with Crippen LogP contribution in [0.15, 0.2) is 0 Å². The van der Waals surface area contributed by atoms with E-state index in [1.165, 1.54) is 12.0 Å². The molecule has 20 heavy (non-hydrogen) atoms. The lowest BCUT2D eigenvalue weighted by Crippen LogP contribution is -2.41. The highest BCUT2D eigenvalue weighted by atomic mass is 32.2. The SMILES string of the molecule is CCN(CCC(=O)O)C(=O)CNS(=O)(=O)CCCOC. The van der Waals surface area contributed by atoms with Crippen molar-refractivity contribution >= 4 is 21.9 Å². The second-order valence-electron chi connectivity index (χ2n) is 4.10. The van der Waals surface area contributed by atoms with Crippen LogP contribution in [0.25, 0.3) is 0 Å². The molecular weight excluding hydrogens is 288 g/mol. The molecule has 0 heterocycles. The first kappa shape index (κ1) is 18.8. The number of nitrogens with one attached hydrogen (secondary N) is 1. The van der Waals surface area contributed by atoms with Gasteiger partial charge in [-0.2, -0.15) is 0 Å². The van der Waals surface area contributed by atoms with E-state index in [0.717, 1.165) is 0 Å². The average molecular weight is 310 g/mol. The van der Waals surface area contributed by atoms with Crippen molar-refractivity contribution in [3.63, 3.8) is 0 Å². The molecule has 0 saturated heterocycles. The molecule has 0 aromatic rings. The molecule has 0 saturated carbocycles. The van der Waals surface area contributed by atoms with Crippen molar-refractivity contribution in [1.29, 1.82) is 0 Å². The normalized spacial score (nSPS) is 11.3. The Balaban J connectivity index is 4.20. The zero-order chi connectivity index (χ0) is 15.6. The van der Waals surface area contributed by atoms with Crippen LogP contribution in [0.2, 0.25) is 0 Å². The van der Waals surface area contributed by atoms with Crippen molar-refractivity contribution in [1.82, 2.24) is 9.62 Å². The minimum Gasteiger partial charge on any atom is -0.481 e. The van der Waals surface area contributed by atoms with Crippen LogP contribution in [-0.4, -0.2) is 69.4 Å². The Kier molecular flexibility index (Phi) is 9.10. The van der Waals surface area contributed by atoms with Crippen LogP contribution >= 0.6 is 0 Å². The molecule has 0 atom stereocenters. The molecule has 0 bridgehead atoms. The number of likely N-dealkylation sites (N-methyl/N-ethyl adjacent to an activating group) is 1. The Bertz CT molecular complexity index is 409. The summed E-state index contributed by atoms with van der Waals surface area (Å²) >= 11 is 0. The van der Waals surface area contributed by atoms with Gasteiger partial charge in [0.05, 0.1) is 18.7 Å². The van der Waals surface area contributed by atoms with Gasteiger partial charge < -0.3 is 14.7 Å². The molecule has 0 unspecified atom stereocenters. The number of carboxylic acids is 1. The van der Waals surface area contributed by atoms with Crippen molar-refractivity contribution in [3.05, 3.63) is 0 Å². The lowest BCUT2D eigenvalue weighted by atomic mass is 10.3. The quantitative estimate of drug-likeness (QED) is 0.486. The highest BCUT2D eigenvalue weighted by Gasteiger charge is 2.16. The number of hydrogen-bond acceptors (Lipinski definition) is 5. The van der Waals surface area contributed by atoms with Crippen LogP contribution < -0.4 is 4.72 Å². The number of nitrogens with zero attached hydrogens (tertiary/aromatic N) is 1. The smallest absolute Gasteiger partial charge is 0.305 e. The second kappa shape index (κ2) is 9.67. The third-order valence-corrected chi connectivity index (χ3v) is 3.95. The van der Waals surface area contributed by atoms with Gasteiger partial charge in [-0.05, 0) is 13.3 Å². The Hall–Kier alpha value is -1.19. The summed E-state index contributed by atoms with van der Waals surface area (Å²) in [5, 5.41) is 8.56. The lowest BCUT2D eigenvalue weighted by molar-refractivity contribution is -0.138. The zero-order valence-electron chi connectivity index (χ0n) is 11.8. The van der Waals surface area contributed by atoms with Crippen LogP contribution in [0, 0.1) is 0 Å². The van der Waals surface area contributed by atoms with E-state index in [1.807, 2.05) is 0 Å². The molecule has 0 aliphatic heterocycles. The number of carbonyl (C=O) groups is 2. The van der Waals surface area contributed by atoms with Gasteiger partial charge >= 0.3 is 5.97 Å². The third kappa shape index (κ3) is 8.83. The molecule has 0 aliphatic carbocycles. The fourth-order valence-corrected chi connectivity index (χ4v) is 2.42. The summed E-state index contributed by atoms with van der Waals surface area (Å²) in [7, 11) is -2.04. The number of sulfonamides is 1. The highest BCUT2D eigenvalue weighted by molar-refractivity contribution is 7.89. The molecule has 0 aromatic carbocycles. The van der Waals surface area contributed by atoms with Crippen LogP contribution in [0.3, 0.4) is 0 Å². The molecule has 0 radical (unpaired) electrons. The number of carbonyl (C=O) groups excluding carboxylic acids is 1. The second-order valence-corrected chi connectivity index (χ2v) is 6.03. The van der Waals surface area contributed by atoms with Gasteiger partial charge in [0.2, 0.25) is 15.9 Å². The molecule has 0 spiro atoms. The van der Waals surface area contributed by atoms with Gasteiger partial charge in [0.1, 0.15) is 0 Å². The van der Waals surface area contributed by atoms with Crippen molar-refractivity contribution in [3.8, 4) is 0 Å². The first-order valence-corrected chi connectivity index (χ1v) is 7.93. The topological polar surface area (TPSA) is 113 Å². The van der Waals surface area contributed by atoms with E-state index in [2.05, 4.69) is 4.72 Å². The van der Waals surface area contributed by atoms with Gasteiger partial charge in [-0.3, -0.25) is 9.59 Å². The summed E-state index contributed by atoms with van der Waals surface area (Å²) < 4.78 is 30.1. The van der Waals surface area contributed by atoms with Gasteiger partial charge in [-0.25, -0.2) is 13.1 Å². The summed E-state index contributed by atoms with van der Waals surface area (Å²) in [5.74, 6) is -1.56. The van der Waals surface area contributed by atoms with Crippen LogP contribution in [0.5, 0.6) is 0 Å². The van der Waals surface area contributed by atoms with Crippen LogP contribution in [0.4, 0.5) is 0 Å². The first-order chi connectivity index (χ1) is 9.32. The maximum atomic E-state index is 11.7. The van der Waals surface area contributed by atoms with Crippen molar-refractivity contribution in [2.24, 2.45) is 0 Å². The molecule has 0 aromatic heterocycles. The summed E-state index contributed by atoms with van der Waals surface area (Å²) in [6.07, 6.45) is 0.177. The number of rotatable bonds is 11. The van der Waals surface area contributed by atoms with Gasteiger partial charge in [-0.15, -0.1) is 0 Å². The standard InChI is InChI=1S/C11H22N2O6S/c1-3-13(6-5-11(15)16)10(14)9-12-20(17,18)8-4-7-19-2/h12H,3-9H2,1-2H3,(H,15,16). The van der Waals surface area contributed by atoms with E-state index in [4.69, 9.17) is 9.84 Å². The molecule has 0 aliphatic rings. The number of aliphatic carboxylic acids is 1.